The van der Waals surface area contributed by atoms with Crippen molar-refractivity contribution in [2.75, 3.05) is 26.7 Å². The Labute approximate surface area is 198 Å². The van der Waals surface area contributed by atoms with Gasteiger partial charge in [0.25, 0.3) is 5.91 Å². The van der Waals surface area contributed by atoms with Gasteiger partial charge in [-0.25, -0.2) is 9.18 Å². The van der Waals surface area contributed by atoms with Crippen molar-refractivity contribution in [1.29, 1.82) is 0 Å². The van der Waals surface area contributed by atoms with E-state index in [4.69, 9.17) is 0 Å². The molecule has 0 bridgehead atoms. The molecule has 0 saturated carbocycles. The summed E-state index contributed by atoms with van der Waals surface area (Å²) >= 11 is 0. The largest absolute Gasteiger partial charge is 0.465 e. The van der Waals surface area contributed by atoms with Crippen LogP contribution in [-0.4, -0.2) is 54.5 Å². The molecular weight excluding hydrogens is 431 g/mol. The number of fused-ring (bicyclic) bond motifs is 1. The van der Waals surface area contributed by atoms with Crippen LogP contribution < -0.4 is 0 Å². The Bertz CT molecular complexity index is 1230. The van der Waals surface area contributed by atoms with Gasteiger partial charge in [-0.05, 0) is 47.7 Å². The van der Waals surface area contributed by atoms with Crippen LogP contribution in [-0.2, 0) is 17.7 Å². The Morgan fingerprint density at radius 3 is 2.59 bits per heavy atom. The molecule has 0 radical (unpaired) electrons. The van der Waals surface area contributed by atoms with E-state index in [0.29, 0.717) is 23.2 Å². The molecule has 0 spiro atoms. The van der Waals surface area contributed by atoms with Gasteiger partial charge in [0.15, 0.2) is 0 Å². The number of benzene rings is 3. The van der Waals surface area contributed by atoms with Crippen LogP contribution in [0.4, 0.5) is 4.39 Å². The summed E-state index contributed by atoms with van der Waals surface area (Å²) in [6.07, 6.45) is 1.72. The summed E-state index contributed by atoms with van der Waals surface area (Å²) in [6, 6.07) is 20.5. The third-order valence-corrected chi connectivity index (χ3v) is 6.86. The first kappa shape index (κ1) is 22.3. The van der Waals surface area contributed by atoms with Crippen molar-refractivity contribution in [3.05, 3.63) is 94.8 Å². The average molecular weight is 459 g/mol. The molecule has 5 rings (SSSR count). The van der Waals surface area contributed by atoms with Crippen LogP contribution in [0.1, 0.15) is 38.3 Å². The van der Waals surface area contributed by atoms with Gasteiger partial charge < -0.3 is 9.64 Å². The fraction of sp³-hybridized carbons (Fsp3) is 0.286. The Morgan fingerprint density at radius 2 is 1.82 bits per heavy atom. The van der Waals surface area contributed by atoms with Gasteiger partial charge in [0, 0.05) is 43.3 Å². The standard InChI is InChI=1S/C28H27FN2O3/c1-34-28(33)22-8-9-24(26(29)16-22)20-7-10-25-21(15-20)11-14-31(27(25)32)23-12-13-30(18-23)17-19-5-3-2-4-6-19/h2-10,15-16,23H,11-14,17-18H2,1H3/t23-/m1/s1. The van der Waals surface area contributed by atoms with Gasteiger partial charge in [0.1, 0.15) is 5.82 Å². The van der Waals surface area contributed by atoms with E-state index in [9.17, 15) is 14.0 Å². The van der Waals surface area contributed by atoms with Gasteiger partial charge in [-0.1, -0.05) is 48.5 Å². The minimum absolute atomic E-state index is 0.0564. The minimum atomic E-state index is -0.573. The lowest BCUT2D eigenvalue weighted by atomic mass is 9.92. The SMILES string of the molecule is COC(=O)c1ccc(-c2ccc3c(c2)CCN([C@@H]2CCN(Cc4ccccc4)C2)C3=O)c(F)c1. The number of hydrogen-bond acceptors (Lipinski definition) is 4. The van der Waals surface area contributed by atoms with Crippen LogP contribution in [0, 0.1) is 5.82 Å². The third-order valence-electron chi connectivity index (χ3n) is 6.86. The summed E-state index contributed by atoms with van der Waals surface area (Å²) < 4.78 is 19.4. The number of amides is 1. The fourth-order valence-electron chi connectivity index (χ4n) is 5.07. The molecule has 0 unspecified atom stereocenters. The predicted molar refractivity (Wildman–Crippen MR) is 128 cm³/mol. The first-order valence-corrected chi connectivity index (χ1v) is 11.6. The maximum atomic E-state index is 14.7. The molecular formula is C28H27FN2O3. The van der Waals surface area contributed by atoms with E-state index in [2.05, 4.69) is 33.9 Å². The molecule has 3 aromatic rings. The molecule has 1 saturated heterocycles. The van der Waals surface area contributed by atoms with Crippen molar-refractivity contribution >= 4 is 11.9 Å². The molecule has 0 N–H and O–H groups in total. The van der Waals surface area contributed by atoms with E-state index in [1.165, 1.54) is 18.7 Å². The second-order valence-corrected chi connectivity index (χ2v) is 8.97. The highest BCUT2D eigenvalue weighted by Gasteiger charge is 2.34. The lowest BCUT2D eigenvalue weighted by molar-refractivity contribution is 0.0599. The first-order valence-electron chi connectivity index (χ1n) is 11.6. The second kappa shape index (κ2) is 9.39. The fourth-order valence-corrected chi connectivity index (χ4v) is 5.07. The van der Waals surface area contributed by atoms with E-state index >= 15 is 0 Å². The van der Waals surface area contributed by atoms with Crippen LogP contribution in [0.25, 0.3) is 11.1 Å². The van der Waals surface area contributed by atoms with Crippen LogP contribution in [0.5, 0.6) is 0 Å². The van der Waals surface area contributed by atoms with E-state index in [1.807, 2.05) is 23.1 Å². The number of hydrogen-bond donors (Lipinski definition) is 0. The van der Waals surface area contributed by atoms with Gasteiger partial charge in [0.05, 0.1) is 12.7 Å². The van der Waals surface area contributed by atoms with Crippen LogP contribution in [0.3, 0.4) is 0 Å². The highest BCUT2D eigenvalue weighted by molar-refractivity contribution is 5.97. The van der Waals surface area contributed by atoms with Gasteiger partial charge in [0.2, 0.25) is 0 Å². The highest BCUT2D eigenvalue weighted by Crippen LogP contribution is 2.30. The summed E-state index contributed by atoms with van der Waals surface area (Å²) in [6.45, 7) is 3.43. The number of carbonyl (C=O) groups excluding carboxylic acids is 2. The van der Waals surface area contributed by atoms with E-state index in [-0.39, 0.29) is 17.5 Å². The molecule has 0 aromatic heterocycles. The number of methoxy groups -OCH3 is 1. The summed E-state index contributed by atoms with van der Waals surface area (Å²) in [5.74, 6) is -1.01. The minimum Gasteiger partial charge on any atom is -0.465 e. The molecule has 34 heavy (non-hydrogen) atoms. The van der Waals surface area contributed by atoms with Crippen molar-refractivity contribution in [3.8, 4) is 11.1 Å². The molecule has 174 valence electrons. The Balaban J connectivity index is 1.30. The van der Waals surface area contributed by atoms with Crippen molar-refractivity contribution < 1.29 is 18.7 Å². The molecule has 2 aliphatic heterocycles. The lowest BCUT2D eigenvalue weighted by Gasteiger charge is -2.34. The van der Waals surface area contributed by atoms with Crippen LogP contribution in [0.15, 0.2) is 66.7 Å². The first-order chi connectivity index (χ1) is 16.5. The van der Waals surface area contributed by atoms with Gasteiger partial charge >= 0.3 is 5.97 Å². The molecule has 2 aliphatic rings. The number of ether oxygens (including phenoxy) is 1. The van der Waals surface area contributed by atoms with Gasteiger partial charge in [-0.2, -0.15) is 0 Å². The average Bonchev–Trinajstić information content (AvgIpc) is 3.32. The van der Waals surface area contributed by atoms with Crippen molar-refractivity contribution in [3.63, 3.8) is 0 Å². The summed E-state index contributed by atoms with van der Waals surface area (Å²) in [5, 5.41) is 0. The van der Waals surface area contributed by atoms with E-state index in [1.54, 1.807) is 18.2 Å². The van der Waals surface area contributed by atoms with Crippen LogP contribution in [0.2, 0.25) is 0 Å². The lowest BCUT2D eigenvalue weighted by Crippen LogP contribution is -2.45. The zero-order chi connectivity index (χ0) is 23.7. The number of likely N-dealkylation sites (tertiary alicyclic amines) is 1. The predicted octanol–water partition coefficient (Wildman–Crippen LogP) is 4.55. The zero-order valence-corrected chi connectivity index (χ0v) is 19.2. The molecule has 3 aromatic carbocycles. The monoisotopic (exact) mass is 458 g/mol. The number of halogens is 1. The zero-order valence-electron chi connectivity index (χ0n) is 19.2. The number of esters is 1. The molecule has 1 amide bonds. The summed E-state index contributed by atoms with van der Waals surface area (Å²) in [7, 11) is 1.27. The molecule has 1 fully saturated rings. The number of rotatable bonds is 5. The Morgan fingerprint density at radius 1 is 1.03 bits per heavy atom. The van der Waals surface area contributed by atoms with Crippen molar-refractivity contribution in [1.82, 2.24) is 9.80 Å². The molecule has 1 atom stereocenters. The van der Waals surface area contributed by atoms with Crippen molar-refractivity contribution in [2.45, 2.75) is 25.4 Å². The third kappa shape index (κ3) is 4.33. The molecule has 6 heteroatoms. The topological polar surface area (TPSA) is 49.9 Å². The maximum Gasteiger partial charge on any atom is 0.337 e. The van der Waals surface area contributed by atoms with Crippen molar-refractivity contribution in [2.24, 2.45) is 0 Å². The summed E-state index contributed by atoms with van der Waals surface area (Å²) in [5.41, 5.74) is 4.20. The van der Waals surface area contributed by atoms with Gasteiger partial charge in [-0.15, -0.1) is 0 Å². The Hall–Kier alpha value is -3.51. The van der Waals surface area contributed by atoms with Crippen LogP contribution >= 0.6 is 0 Å². The second-order valence-electron chi connectivity index (χ2n) is 8.97. The highest BCUT2D eigenvalue weighted by atomic mass is 19.1. The Kier molecular flexibility index (Phi) is 6.16. The molecule has 0 aliphatic carbocycles. The molecule has 2 heterocycles. The maximum absolute atomic E-state index is 14.7. The summed E-state index contributed by atoms with van der Waals surface area (Å²) in [4.78, 5) is 29.4. The molecule has 5 nitrogen and oxygen atoms in total. The number of nitrogens with zero attached hydrogens (tertiary/aromatic N) is 2. The van der Waals surface area contributed by atoms with E-state index in [0.717, 1.165) is 38.0 Å². The normalized spacial score (nSPS) is 18.1. The van der Waals surface area contributed by atoms with E-state index < -0.39 is 11.8 Å². The smallest absolute Gasteiger partial charge is 0.337 e. The van der Waals surface area contributed by atoms with Gasteiger partial charge in [-0.3, -0.25) is 9.69 Å². The number of carbonyl (C=O) groups is 2. The quantitative estimate of drug-likeness (QED) is 0.527.